The molecule has 0 unspecified atom stereocenters. The summed E-state index contributed by atoms with van der Waals surface area (Å²) >= 11 is 0.814. The van der Waals surface area contributed by atoms with Gasteiger partial charge in [-0.15, -0.1) is 10.2 Å². The quantitative estimate of drug-likeness (QED) is 0.457. The third-order valence-corrected chi connectivity index (χ3v) is 7.07. The van der Waals surface area contributed by atoms with Crippen molar-refractivity contribution < 1.29 is 13.2 Å². The second-order valence-corrected chi connectivity index (χ2v) is 9.13. The minimum atomic E-state index is -3.88. The number of carbonyl (C=O) groups is 1. The van der Waals surface area contributed by atoms with Crippen LogP contribution in [0.5, 0.6) is 0 Å². The molecule has 1 N–H and O–H groups in total. The maximum atomic E-state index is 13.0. The summed E-state index contributed by atoms with van der Waals surface area (Å²) in [6.45, 7) is 3.92. The fourth-order valence-electron chi connectivity index (χ4n) is 2.54. The fraction of sp³-hybridized carbons (Fsp3) is 0.150. The number of carbonyl (C=O) groups excluding carboxylic acids is 1. The lowest BCUT2D eigenvalue weighted by molar-refractivity contribution is -0.111. The summed E-state index contributed by atoms with van der Waals surface area (Å²) in [6.07, 6.45) is 3.01. The molecule has 1 aromatic heterocycles. The third kappa shape index (κ3) is 5.07. The highest BCUT2D eigenvalue weighted by atomic mass is 32.2. The number of amides is 1. The summed E-state index contributed by atoms with van der Waals surface area (Å²) in [5, 5.41) is 10.2. The van der Waals surface area contributed by atoms with Gasteiger partial charge >= 0.3 is 0 Å². The lowest BCUT2D eigenvalue weighted by Gasteiger charge is -2.21. The molecule has 0 saturated carbocycles. The Morgan fingerprint density at radius 1 is 1.10 bits per heavy atom. The van der Waals surface area contributed by atoms with Crippen molar-refractivity contribution in [2.24, 2.45) is 0 Å². The average Bonchev–Trinajstić information content (AvgIpc) is 3.18. The van der Waals surface area contributed by atoms with Gasteiger partial charge in [0.2, 0.25) is 11.0 Å². The Balaban J connectivity index is 1.74. The zero-order chi connectivity index (χ0) is 20.9. The first-order valence-electron chi connectivity index (χ1n) is 8.87. The molecule has 3 aromatic rings. The summed E-state index contributed by atoms with van der Waals surface area (Å²) in [4.78, 5) is 12.1. The highest BCUT2D eigenvalue weighted by Crippen LogP contribution is 2.27. The molecule has 1 heterocycles. The molecule has 0 atom stereocenters. The fourth-order valence-corrected chi connectivity index (χ4v) is 5.02. The Kier molecular flexibility index (Phi) is 6.40. The first-order valence-corrected chi connectivity index (χ1v) is 11.1. The van der Waals surface area contributed by atoms with Crippen molar-refractivity contribution in [1.82, 2.24) is 10.2 Å². The van der Waals surface area contributed by atoms with Crippen molar-refractivity contribution in [2.45, 2.75) is 18.2 Å². The van der Waals surface area contributed by atoms with E-state index in [1.165, 1.54) is 10.4 Å². The second kappa shape index (κ2) is 8.97. The standard InChI is InChI=1S/C20H20N4O3S2/c1-3-24(17-12-9-15(2)10-13-17)29(26,27)20-23-22-19(28-20)21-18(25)14-11-16-7-5-4-6-8-16/h4-14H,3H2,1-2H3,(H,21,22,25). The van der Waals surface area contributed by atoms with E-state index in [4.69, 9.17) is 0 Å². The smallest absolute Gasteiger partial charge is 0.293 e. The first kappa shape index (κ1) is 20.7. The van der Waals surface area contributed by atoms with Crippen LogP contribution in [0.2, 0.25) is 0 Å². The molecule has 0 saturated heterocycles. The maximum Gasteiger partial charge on any atom is 0.293 e. The maximum absolute atomic E-state index is 13.0. The van der Waals surface area contributed by atoms with Crippen LogP contribution in [0.15, 0.2) is 65.0 Å². The highest BCUT2D eigenvalue weighted by molar-refractivity contribution is 7.94. The average molecular weight is 429 g/mol. The Bertz CT molecular complexity index is 1110. The molecule has 0 fully saturated rings. The van der Waals surface area contributed by atoms with Crippen LogP contribution in [0.3, 0.4) is 0 Å². The normalized spacial score (nSPS) is 11.5. The number of aromatic nitrogens is 2. The van der Waals surface area contributed by atoms with E-state index in [0.717, 1.165) is 22.5 Å². The number of rotatable bonds is 7. The van der Waals surface area contributed by atoms with Crippen LogP contribution < -0.4 is 9.62 Å². The number of sulfonamides is 1. The molecule has 7 nitrogen and oxygen atoms in total. The molecular weight excluding hydrogens is 408 g/mol. The van der Waals surface area contributed by atoms with Gasteiger partial charge in [0.1, 0.15) is 0 Å². The van der Waals surface area contributed by atoms with Crippen LogP contribution >= 0.6 is 11.3 Å². The highest BCUT2D eigenvalue weighted by Gasteiger charge is 2.28. The number of aryl methyl sites for hydroxylation is 1. The van der Waals surface area contributed by atoms with E-state index in [0.29, 0.717) is 5.69 Å². The molecule has 0 spiro atoms. The largest absolute Gasteiger partial charge is 0.297 e. The molecule has 150 valence electrons. The number of hydrogen-bond donors (Lipinski definition) is 1. The van der Waals surface area contributed by atoms with E-state index in [2.05, 4.69) is 15.5 Å². The lowest BCUT2D eigenvalue weighted by Crippen LogP contribution is -2.30. The predicted molar refractivity (Wildman–Crippen MR) is 115 cm³/mol. The monoisotopic (exact) mass is 428 g/mol. The first-order chi connectivity index (χ1) is 13.9. The van der Waals surface area contributed by atoms with Gasteiger partial charge in [0.15, 0.2) is 0 Å². The van der Waals surface area contributed by atoms with E-state index in [9.17, 15) is 13.2 Å². The van der Waals surface area contributed by atoms with Gasteiger partial charge in [-0.2, -0.15) is 8.42 Å². The molecular formula is C20H20N4O3S2. The predicted octanol–water partition coefficient (Wildman–Crippen LogP) is 3.71. The molecule has 0 aliphatic rings. The number of nitrogens with zero attached hydrogens (tertiary/aromatic N) is 3. The Morgan fingerprint density at radius 3 is 2.45 bits per heavy atom. The molecule has 0 aliphatic heterocycles. The zero-order valence-corrected chi connectivity index (χ0v) is 17.6. The molecule has 2 aromatic carbocycles. The minimum absolute atomic E-state index is 0.117. The number of hydrogen-bond acceptors (Lipinski definition) is 6. The Morgan fingerprint density at radius 2 is 1.79 bits per heavy atom. The number of benzene rings is 2. The van der Waals surface area contributed by atoms with Gasteiger partial charge in [-0.1, -0.05) is 59.4 Å². The third-order valence-electron chi connectivity index (χ3n) is 3.98. The molecule has 0 aliphatic carbocycles. The van der Waals surface area contributed by atoms with Crippen molar-refractivity contribution in [3.63, 3.8) is 0 Å². The van der Waals surface area contributed by atoms with Gasteiger partial charge in [-0.05, 0) is 37.6 Å². The van der Waals surface area contributed by atoms with Gasteiger partial charge in [0.25, 0.3) is 14.4 Å². The molecule has 3 rings (SSSR count). The van der Waals surface area contributed by atoms with Crippen LogP contribution in [0.4, 0.5) is 10.8 Å². The van der Waals surface area contributed by atoms with Crippen LogP contribution in [0, 0.1) is 6.92 Å². The van der Waals surface area contributed by atoms with Gasteiger partial charge in [0.05, 0.1) is 5.69 Å². The minimum Gasteiger partial charge on any atom is -0.297 e. The zero-order valence-electron chi connectivity index (χ0n) is 15.9. The van der Waals surface area contributed by atoms with E-state index in [1.807, 2.05) is 49.4 Å². The summed E-state index contributed by atoms with van der Waals surface area (Å²) in [7, 11) is -3.88. The van der Waals surface area contributed by atoms with E-state index >= 15 is 0 Å². The molecule has 9 heteroatoms. The summed E-state index contributed by atoms with van der Waals surface area (Å²) in [5.41, 5.74) is 2.45. The van der Waals surface area contributed by atoms with Crippen molar-refractivity contribution in [1.29, 1.82) is 0 Å². The van der Waals surface area contributed by atoms with Crippen molar-refractivity contribution in [3.8, 4) is 0 Å². The van der Waals surface area contributed by atoms with Gasteiger partial charge in [-0.25, -0.2) is 0 Å². The molecule has 0 bridgehead atoms. The summed E-state index contributed by atoms with van der Waals surface area (Å²) in [6, 6.07) is 16.5. The number of nitrogens with one attached hydrogen (secondary N) is 1. The van der Waals surface area contributed by atoms with Crippen LogP contribution in [-0.4, -0.2) is 31.1 Å². The number of anilines is 2. The lowest BCUT2D eigenvalue weighted by atomic mass is 10.2. The van der Waals surface area contributed by atoms with Gasteiger partial charge in [-0.3, -0.25) is 14.4 Å². The Hall–Kier alpha value is -3.04. The topological polar surface area (TPSA) is 92.3 Å². The second-order valence-electron chi connectivity index (χ2n) is 6.11. The van der Waals surface area contributed by atoms with Gasteiger partial charge < -0.3 is 0 Å². The molecule has 0 radical (unpaired) electrons. The Labute approximate surface area is 173 Å². The SMILES string of the molecule is CCN(c1ccc(C)cc1)S(=O)(=O)c1nnc(NC(=O)C=Cc2ccccc2)s1. The molecule has 29 heavy (non-hydrogen) atoms. The van der Waals surface area contributed by atoms with Crippen LogP contribution in [0.25, 0.3) is 6.08 Å². The van der Waals surface area contributed by atoms with E-state index in [-0.39, 0.29) is 16.0 Å². The summed E-state index contributed by atoms with van der Waals surface area (Å²) in [5.74, 6) is -0.417. The van der Waals surface area contributed by atoms with Crippen LogP contribution in [0.1, 0.15) is 18.1 Å². The van der Waals surface area contributed by atoms with Gasteiger partial charge in [0, 0.05) is 12.6 Å². The van der Waals surface area contributed by atoms with Crippen molar-refractivity contribution in [3.05, 3.63) is 71.8 Å². The molecule has 1 amide bonds. The van der Waals surface area contributed by atoms with Crippen molar-refractivity contribution >= 4 is 44.2 Å². The summed E-state index contributed by atoms with van der Waals surface area (Å²) < 4.78 is 27.0. The van der Waals surface area contributed by atoms with Crippen molar-refractivity contribution in [2.75, 3.05) is 16.2 Å². The van der Waals surface area contributed by atoms with Crippen LogP contribution in [-0.2, 0) is 14.8 Å². The van der Waals surface area contributed by atoms with E-state index in [1.54, 1.807) is 25.1 Å². The van der Waals surface area contributed by atoms with E-state index < -0.39 is 15.9 Å².